The Hall–Kier alpha value is -0.850. The van der Waals surface area contributed by atoms with Crippen molar-refractivity contribution in [2.24, 2.45) is 5.92 Å². The first-order valence-corrected chi connectivity index (χ1v) is 4.94. The number of carbonyl (C=O) groups excluding carboxylic acids is 1. The number of ketones is 1. The van der Waals surface area contributed by atoms with Gasteiger partial charge in [-0.25, -0.2) is 0 Å². The Morgan fingerprint density at radius 2 is 2.08 bits per heavy atom. The normalized spacial score (nSPS) is 14.9. The van der Waals surface area contributed by atoms with Crippen molar-refractivity contribution in [1.82, 2.24) is 0 Å². The molecule has 0 N–H and O–H groups in total. The number of allylic oxidation sites excluding steroid dienone is 4. The molecule has 0 rings (SSSR count). The van der Waals surface area contributed by atoms with Crippen LogP contribution < -0.4 is 0 Å². The molecule has 74 valence electrons. The summed E-state index contributed by atoms with van der Waals surface area (Å²) in [5, 5.41) is 0. The molecule has 0 aromatic heterocycles. The van der Waals surface area contributed by atoms with Gasteiger partial charge in [-0.1, -0.05) is 38.5 Å². The monoisotopic (exact) mass is 180 g/mol. The standard InChI is InChI=1S/C12H20O/c1-5-7-8-12(11(4)13)9-10(3)6-2/h5,7-8,10H,6,9H2,1-4H3/b7-5-,12-8-. The fourth-order valence-corrected chi connectivity index (χ4v) is 1.06. The topological polar surface area (TPSA) is 17.1 Å². The van der Waals surface area contributed by atoms with Crippen LogP contribution in [0.4, 0.5) is 0 Å². The van der Waals surface area contributed by atoms with E-state index in [2.05, 4.69) is 13.8 Å². The van der Waals surface area contributed by atoms with Crippen molar-refractivity contribution >= 4 is 5.78 Å². The van der Waals surface area contributed by atoms with Gasteiger partial charge in [-0.05, 0) is 31.8 Å². The zero-order chi connectivity index (χ0) is 10.3. The molecule has 0 aliphatic rings. The Labute approximate surface area is 81.5 Å². The van der Waals surface area contributed by atoms with E-state index in [1.807, 2.05) is 25.2 Å². The van der Waals surface area contributed by atoms with Crippen molar-refractivity contribution in [1.29, 1.82) is 0 Å². The van der Waals surface area contributed by atoms with Crippen LogP contribution in [0, 0.1) is 5.92 Å². The molecule has 0 bridgehead atoms. The van der Waals surface area contributed by atoms with Crippen LogP contribution in [-0.2, 0) is 4.79 Å². The lowest BCUT2D eigenvalue weighted by Crippen LogP contribution is -2.02. The largest absolute Gasteiger partial charge is 0.295 e. The number of Topliss-reactive ketones (excluding diaryl/α,β-unsaturated/α-hetero) is 1. The molecule has 0 saturated heterocycles. The van der Waals surface area contributed by atoms with E-state index in [-0.39, 0.29) is 5.78 Å². The lowest BCUT2D eigenvalue weighted by molar-refractivity contribution is -0.113. The zero-order valence-electron chi connectivity index (χ0n) is 9.13. The highest BCUT2D eigenvalue weighted by Gasteiger charge is 2.06. The van der Waals surface area contributed by atoms with Gasteiger partial charge < -0.3 is 0 Å². The van der Waals surface area contributed by atoms with E-state index in [0.717, 1.165) is 18.4 Å². The fourth-order valence-electron chi connectivity index (χ4n) is 1.06. The van der Waals surface area contributed by atoms with Crippen molar-refractivity contribution in [2.45, 2.75) is 40.5 Å². The van der Waals surface area contributed by atoms with Crippen LogP contribution in [0.2, 0.25) is 0 Å². The van der Waals surface area contributed by atoms with Crippen LogP contribution in [0.5, 0.6) is 0 Å². The van der Waals surface area contributed by atoms with E-state index in [4.69, 9.17) is 0 Å². The van der Waals surface area contributed by atoms with E-state index < -0.39 is 0 Å². The van der Waals surface area contributed by atoms with Crippen LogP contribution in [0.1, 0.15) is 40.5 Å². The summed E-state index contributed by atoms with van der Waals surface area (Å²) in [7, 11) is 0. The van der Waals surface area contributed by atoms with Crippen LogP contribution in [0.15, 0.2) is 23.8 Å². The summed E-state index contributed by atoms with van der Waals surface area (Å²) in [6, 6.07) is 0. The summed E-state index contributed by atoms with van der Waals surface area (Å²) in [5.74, 6) is 0.791. The molecule has 0 saturated carbocycles. The van der Waals surface area contributed by atoms with Gasteiger partial charge in [0.2, 0.25) is 0 Å². The Bertz CT molecular complexity index is 211. The minimum absolute atomic E-state index is 0.193. The van der Waals surface area contributed by atoms with Crippen molar-refractivity contribution in [3.05, 3.63) is 23.8 Å². The maximum Gasteiger partial charge on any atom is 0.155 e. The maximum atomic E-state index is 11.2. The second-order valence-electron chi connectivity index (χ2n) is 3.49. The van der Waals surface area contributed by atoms with E-state index in [1.165, 1.54) is 0 Å². The summed E-state index contributed by atoms with van der Waals surface area (Å²) in [6.07, 6.45) is 7.82. The number of hydrogen-bond acceptors (Lipinski definition) is 1. The van der Waals surface area contributed by atoms with Gasteiger partial charge in [-0.3, -0.25) is 4.79 Å². The third kappa shape index (κ3) is 5.40. The Kier molecular flexibility index (Phi) is 6.21. The van der Waals surface area contributed by atoms with Crippen LogP contribution >= 0.6 is 0 Å². The SMILES string of the molecule is C/C=C\C=C(\CC(C)CC)C(C)=O. The fraction of sp³-hybridized carbons (Fsp3) is 0.583. The predicted molar refractivity (Wildman–Crippen MR) is 57.7 cm³/mol. The van der Waals surface area contributed by atoms with Crippen LogP contribution in [-0.4, -0.2) is 5.78 Å². The smallest absolute Gasteiger partial charge is 0.155 e. The maximum absolute atomic E-state index is 11.2. The third-order valence-electron chi connectivity index (χ3n) is 2.21. The highest BCUT2D eigenvalue weighted by molar-refractivity contribution is 5.93. The average molecular weight is 180 g/mol. The Morgan fingerprint density at radius 1 is 1.46 bits per heavy atom. The van der Waals surface area contributed by atoms with Crippen LogP contribution in [0.25, 0.3) is 0 Å². The van der Waals surface area contributed by atoms with Gasteiger partial charge in [0.1, 0.15) is 0 Å². The van der Waals surface area contributed by atoms with Crippen molar-refractivity contribution in [3.63, 3.8) is 0 Å². The van der Waals surface area contributed by atoms with E-state index in [1.54, 1.807) is 6.92 Å². The van der Waals surface area contributed by atoms with E-state index >= 15 is 0 Å². The number of hydrogen-bond donors (Lipinski definition) is 0. The lowest BCUT2D eigenvalue weighted by Gasteiger charge is -2.08. The molecule has 1 nitrogen and oxygen atoms in total. The number of rotatable bonds is 5. The molecule has 0 aliphatic carbocycles. The first-order chi connectivity index (χ1) is 6.11. The second-order valence-corrected chi connectivity index (χ2v) is 3.49. The minimum Gasteiger partial charge on any atom is -0.295 e. The quantitative estimate of drug-likeness (QED) is 0.467. The van der Waals surface area contributed by atoms with Gasteiger partial charge in [-0.15, -0.1) is 0 Å². The summed E-state index contributed by atoms with van der Waals surface area (Å²) in [6.45, 7) is 7.92. The molecule has 0 aliphatic heterocycles. The summed E-state index contributed by atoms with van der Waals surface area (Å²) in [5.41, 5.74) is 0.937. The van der Waals surface area contributed by atoms with Crippen molar-refractivity contribution in [2.75, 3.05) is 0 Å². The molecule has 1 heteroatoms. The van der Waals surface area contributed by atoms with Crippen LogP contribution in [0.3, 0.4) is 0 Å². The molecular weight excluding hydrogens is 160 g/mol. The Balaban J connectivity index is 4.35. The molecule has 0 spiro atoms. The summed E-state index contributed by atoms with van der Waals surface area (Å²) in [4.78, 5) is 11.2. The zero-order valence-corrected chi connectivity index (χ0v) is 9.13. The molecule has 0 fully saturated rings. The van der Waals surface area contributed by atoms with Gasteiger partial charge in [0.15, 0.2) is 5.78 Å². The van der Waals surface area contributed by atoms with Gasteiger partial charge in [0.25, 0.3) is 0 Å². The first kappa shape index (κ1) is 12.2. The minimum atomic E-state index is 0.193. The molecule has 13 heavy (non-hydrogen) atoms. The van der Waals surface area contributed by atoms with Gasteiger partial charge in [0.05, 0.1) is 0 Å². The van der Waals surface area contributed by atoms with E-state index in [9.17, 15) is 4.79 Å². The van der Waals surface area contributed by atoms with Gasteiger partial charge in [-0.2, -0.15) is 0 Å². The molecule has 1 unspecified atom stereocenters. The summed E-state index contributed by atoms with van der Waals surface area (Å²) < 4.78 is 0. The highest BCUT2D eigenvalue weighted by atomic mass is 16.1. The first-order valence-electron chi connectivity index (χ1n) is 4.94. The second kappa shape index (κ2) is 6.64. The third-order valence-corrected chi connectivity index (χ3v) is 2.21. The van der Waals surface area contributed by atoms with Gasteiger partial charge in [0, 0.05) is 0 Å². The van der Waals surface area contributed by atoms with E-state index in [0.29, 0.717) is 5.92 Å². The Morgan fingerprint density at radius 3 is 2.46 bits per heavy atom. The average Bonchev–Trinajstić information content (AvgIpc) is 2.11. The predicted octanol–water partition coefficient (Wildman–Crippen LogP) is 3.51. The molecule has 0 radical (unpaired) electrons. The van der Waals surface area contributed by atoms with Gasteiger partial charge >= 0.3 is 0 Å². The molecule has 0 aromatic carbocycles. The lowest BCUT2D eigenvalue weighted by atomic mass is 9.96. The molecule has 0 amide bonds. The highest BCUT2D eigenvalue weighted by Crippen LogP contribution is 2.15. The number of carbonyl (C=O) groups is 1. The van der Waals surface area contributed by atoms with Crippen molar-refractivity contribution in [3.8, 4) is 0 Å². The molecule has 1 atom stereocenters. The summed E-state index contributed by atoms with van der Waals surface area (Å²) >= 11 is 0. The molecule has 0 aromatic rings. The molecule has 0 heterocycles. The molecular formula is C12H20O. The van der Waals surface area contributed by atoms with Crippen molar-refractivity contribution < 1.29 is 4.79 Å².